The summed E-state index contributed by atoms with van der Waals surface area (Å²) in [7, 11) is 0. The van der Waals surface area contributed by atoms with Crippen LogP contribution in [0.15, 0.2) is 108 Å². The van der Waals surface area contributed by atoms with E-state index in [2.05, 4.69) is 22.4 Å². The summed E-state index contributed by atoms with van der Waals surface area (Å²) in [5, 5.41) is 12.4. The first-order chi connectivity index (χ1) is 18.2. The molecular weight excluding hydrogens is 484 g/mol. The number of anilines is 1. The first-order valence-electron chi connectivity index (χ1n) is 12.2. The minimum Gasteiger partial charge on any atom is -0.392 e. The third kappa shape index (κ3) is 6.64. The highest BCUT2D eigenvalue weighted by atomic mass is 32.2. The van der Waals surface area contributed by atoms with Crippen molar-refractivity contribution < 1.29 is 19.4 Å². The fraction of sp³-hybridized carbons (Fsp3) is 0.200. The van der Waals surface area contributed by atoms with Gasteiger partial charge in [-0.25, -0.2) is 0 Å². The summed E-state index contributed by atoms with van der Waals surface area (Å²) in [6, 6.07) is 29.1. The average molecular weight is 513 g/mol. The average Bonchev–Trinajstić information content (AvgIpc) is 2.97. The number of aromatic nitrogens is 1. The number of carbonyl (C=O) groups excluding carboxylic acids is 1. The predicted molar refractivity (Wildman–Crippen MR) is 144 cm³/mol. The van der Waals surface area contributed by atoms with E-state index < -0.39 is 6.29 Å². The molecule has 1 fully saturated rings. The largest absolute Gasteiger partial charge is 0.392 e. The monoisotopic (exact) mass is 512 g/mol. The Kier molecular flexibility index (Phi) is 8.28. The zero-order valence-corrected chi connectivity index (χ0v) is 21.0. The van der Waals surface area contributed by atoms with Crippen molar-refractivity contribution >= 4 is 23.4 Å². The number of carbonyl (C=O) groups is 1. The summed E-state index contributed by atoms with van der Waals surface area (Å²) < 4.78 is 12.9. The molecule has 1 aliphatic heterocycles. The molecule has 1 aliphatic rings. The molecule has 1 aromatic heterocycles. The van der Waals surface area contributed by atoms with Gasteiger partial charge in [0.25, 0.3) is 5.91 Å². The van der Waals surface area contributed by atoms with Crippen LogP contribution >= 0.6 is 11.8 Å². The van der Waals surface area contributed by atoms with Crippen molar-refractivity contribution in [3.8, 4) is 0 Å². The van der Waals surface area contributed by atoms with E-state index in [-0.39, 0.29) is 24.7 Å². The lowest BCUT2D eigenvalue weighted by atomic mass is 10.0. The van der Waals surface area contributed by atoms with Crippen LogP contribution < -0.4 is 5.32 Å². The van der Waals surface area contributed by atoms with Crippen molar-refractivity contribution in [3.05, 3.63) is 126 Å². The quantitative estimate of drug-likeness (QED) is 0.275. The van der Waals surface area contributed by atoms with Crippen molar-refractivity contribution in [3.63, 3.8) is 0 Å². The second kappa shape index (κ2) is 12.2. The number of aliphatic hydroxyl groups excluding tert-OH is 1. The molecule has 1 amide bonds. The molecule has 6 nitrogen and oxygen atoms in total. The van der Waals surface area contributed by atoms with Crippen LogP contribution in [0.2, 0.25) is 0 Å². The molecule has 3 unspecified atom stereocenters. The van der Waals surface area contributed by atoms with E-state index in [9.17, 15) is 9.90 Å². The highest BCUT2D eigenvalue weighted by Crippen LogP contribution is 2.39. The number of nitrogens with zero attached hydrogens (tertiary/aromatic N) is 1. The molecule has 3 aromatic carbocycles. The van der Waals surface area contributed by atoms with Gasteiger partial charge in [0.05, 0.1) is 24.4 Å². The molecular formula is C30H28N2O4S. The van der Waals surface area contributed by atoms with Gasteiger partial charge >= 0.3 is 0 Å². The number of hydrogen-bond acceptors (Lipinski definition) is 6. The summed E-state index contributed by atoms with van der Waals surface area (Å²) >= 11 is 1.76. The molecule has 2 N–H and O–H groups in total. The molecule has 188 valence electrons. The molecule has 0 radical (unpaired) electrons. The molecule has 1 saturated heterocycles. The lowest BCUT2D eigenvalue weighted by Gasteiger charge is -2.36. The first-order valence-corrected chi connectivity index (χ1v) is 13.2. The molecule has 0 aliphatic carbocycles. The fourth-order valence-electron chi connectivity index (χ4n) is 4.19. The molecule has 5 rings (SSSR count). The molecule has 7 heteroatoms. The van der Waals surface area contributed by atoms with Crippen LogP contribution in [0.4, 0.5) is 5.69 Å². The summed E-state index contributed by atoms with van der Waals surface area (Å²) in [6.07, 6.45) is 3.09. The smallest absolute Gasteiger partial charge is 0.257 e. The van der Waals surface area contributed by atoms with Crippen LogP contribution in [0.3, 0.4) is 0 Å². The van der Waals surface area contributed by atoms with E-state index >= 15 is 0 Å². The van der Waals surface area contributed by atoms with Crippen LogP contribution in [0.1, 0.15) is 45.9 Å². The van der Waals surface area contributed by atoms with Crippen molar-refractivity contribution in [1.82, 2.24) is 4.98 Å². The molecule has 0 saturated carbocycles. The van der Waals surface area contributed by atoms with Crippen LogP contribution in [-0.4, -0.2) is 27.9 Å². The number of pyridine rings is 1. The highest BCUT2D eigenvalue weighted by Gasteiger charge is 2.32. The van der Waals surface area contributed by atoms with Crippen LogP contribution in [-0.2, 0) is 16.1 Å². The zero-order chi connectivity index (χ0) is 25.5. The van der Waals surface area contributed by atoms with E-state index in [0.29, 0.717) is 17.7 Å². The zero-order valence-electron chi connectivity index (χ0n) is 20.2. The standard InChI is InChI=1S/C30H28N2O4S/c33-19-21-11-13-22(14-12-21)28-17-26(20-37-27-9-2-1-3-10-27)35-30(36-28)23-6-4-8-25(16-23)32-29(34)24-7-5-15-31-18-24/h1-16,18,26,28,30,33H,17,19-20H2,(H,32,34). The van der Waals surface area contributed by atoms with E-state index in [1.807, 2.05) is 66.7 Å². The highest BCUT2D eigenvalue weighted by molar-refractivity contribution is 7.99. The lowest BCUT2D eigenvalue weighted by molar-refractivity contribution is -0.245. The van der Waals surface area contributed by atoms with E-state index in [1.165, 1.54) is 11.1 Å². The Hall–Kier alpha value is -3.49. The molecule has 0 bridgehead atoms. The SMILES string of the molecule is O=C(Nc1cccc(C2OC(CSc3ccccc3)CC(c3ccc(CO)cc3)O2)c1)c1cccnc1. The molecule has 2 heterocycles. The summed E-state index contributed by atoms with van der Waals surface area (Å²) in [5.41, 5.74) is 3.88. The Morgan fingerprint density at radius 3 is 2.54 bits per heavy atom. The van der Waals surface area contributed by atoms with E-state index in [0.717, 1.165) is 22.4 Å². The number of benzene rings is 3. The maximum Gasteiger partial charge on any atom is 0.257 e. The first kappa shape index (κ1) is 25.2. The van der Waals surface area contributed by atoms with Gasteiger partial charge in [-0.1, -0.05) is 54.6 Å². The second-order valence-electron chi connectivity index (χ2n) is 8.80. The number of rotatable bonds is 8. The van der Waals surface area contributed by atoms with Crippen LogP contribution in [0.25, 0.3) is 0 Å². The van der Waals surface area contributed by atoms with Gasteiger partial charge in [0.1, 0.15) is 0 Å². The molecule has 4 aromatic rings. The summed E-state index contributed by atoms with van der Waals surface area (Å²) in [5.74, 6) is 0.557. The molecule has 37 heavy (non-hydrogen) atoms. The Morgan fingerprint density at radius 1 is 0.946 bits per heavy atom. The third-order valence-electron chi connectivity index (χ3n) is 6.13. The summed E-state index contributed by atoms with van der Waals surface area (Å²) in [6.45, 7) is 0.00539. The fourth-order valence-corrected chi connectivity index (χ4v) is 5.13. The minimum absolute atomic E-state index is 0.00539. The van der Waals surface area contributed by atoms with Gasteiger partial charge in [0.15, 0.2) is 6.29 Å². The van der Waals surface area contributed by atoms with Crippen molar-refractivity contribution in [2.45, 2.75) is 36.4 Å². The summed E-state index contributed by atoms with van der Waals surface area (Å²) in [4.78, 5) is 17.8. The van der Waals surface area contributed by atoms with Gasteiger partial charge < -0.3 is 19.9 Å². The predicted octanol–water partition coefficient (Wildman–Crippen LogP) is 6.16. The Bertz CT molecular complexity index is 1300. The lowest BCUT2D eigenvalue weighted by Crippen LogP contribution is -2.31. The molecule has 3 atom stereocenters. The third-order valence-corrected chi connectivity index (χ3v) is 7.28. The second-order valence-corrected chi connectivity index (χ2v) is 9.89. The van der Waals surface area contributed by atoms with Crippen LogP contribution in [0, 0.1) is 0 Å². The van der Waals surface area contributed by atoms with Gasteiger partial charge in [-0.2, -0.15) is 0 Å². The topological polar surface area (TPSA) is 80.7 Å². The minimum atomic E-state index is -0.590. The van der Waals surface area contributed by atoms with Gasteiger partial charge in [0, 0.05) is 40.7 Å². The van der Waals surface area contributed by atoms with Crippen molar-refractivity contribution in [2.75, 3.05) is 11.1 Å². The number of nitrogens with one attached hydrogen (secondary N) is 1. The number of ether oxygens (including phenoxy) is 2. The number of thioether (sulfide) groups is 1. The maximum absolute atomic E-state index is 12.6. The van der Waals surface area contributed by atoms with Crippen molar-refractivity contribution in [2.24, 2.45) is 0 Å². The van der Waals surface area contributed by atoms with Gasteiger partial charge in [-0.15, -0.1) is 11.8 Å². The number of hydrogen-bond donors (Lipinski definition) is 2. The number of aliphatic hydroxyl groups is 1. The van der Waals surface area contributed by atoms with E-state index in [4.69, 9.17) is 9.47 Å². The molecule has 0 spiro atoms. The van der Waals surface area contributed by atoms with Gasteiger partial charge in [-0.3, -0.25) is 9.78 Å². The van der Waals surface area contributed by atoms with Crippen molar-refractivity contribution in [1.29, 1.82) is 0 Å². The maximum atomic E-state index is 12.6. The Morgan fingerprint density at radius 2 is 1.78 bits per heavy atom. The normalized spacial score (nSPS) is 19.3. The number of amides is 1. The van der Waals surface area contributed by atoms with Crippen LogP contribution in [0.5, 0.6) is 0 Å². The Labute approximate surface area is 220 Å². The van der Waals surface area contributed by atoms with E-state index in [1.54, 1.807) is 30.1 Å². The van der Waals surface area contributed by atoms with Gasteiger partial charge in [-0.05, 0) is 47.5 Å². The van der Waals surface area contributed by atoms with Gasteiger partial charge in [0.2, 0.25) is 0 Å². The Balaban J connectivity index is 1.35.